The van der Waals surface area contributed by atoms with Gasteiger partial charge in [-0.2, -0.15) is 8.78 Å². The van der Waals surface area contributed by atoms with Gasteiger partial charge in [-0.1, -0.05) is 0 Å². The van der Waals surface area contributed by atoms with Crippen molar-refractivity contribution in [2.45, 2.75) is 6.42 Å². The molecule has 0 atom stereocenters. The van der Waals surface area contributed by atoms with Gasteiger partial charge in [-0.05, 0) is 17.7 Å². The van der Waals surface area contributed by atoms with Crippen molar-refractivity contribution < 1.29 is 41.7 Å². The van der Waals surface area contributed by atoms with Crippen LogP contribution in [0.1, 0.15) is 5.56 Å². The molecule has 122 valence electrons. The highest BCUT2D eigenvalue weighted by molar-refractivity contribution is 7.90. The standard InChI is InChI=1S/C11H10F3NO6S/c12-6(11(13)14)4-22(20,21)15-9(18)3-5-1-7(16)10(19)8(17)2-5/h1-2,16-17,19H,3-4H2,(H,15,18). The van der Waals surface area contributed by atoms with Crippen LogP contribution in [0, 0.1) is 0 Å². The molecule has 7 nitrogen and oxygen atoms in total. The van der Waals surface area contributed by atoms with Crippen LogP contribution in [0.5, 0.6) is 17.2 Å². The third-order valence-corrected chi connectivity index (χ3v) is 3.46. The van der Waals surface area contributed by atoms with Gasteiger partial charge in [0, 0.05) is 0 Å². The zero-order valence-corrected chi connectivity index (χ0v) is 11.5. The molecule has 0 aliphatic heterocycles. The fraction of sp³-hybridized carbons (Fsp3) is 0.182. The first kappa shape index (κ1) is 17.6. The molecule has 0 bridgehead atoms. The van der Waals surface area contributed by atoms with Crippen molar-refractivity contribution in [2.24, 2.45) is 0 Å². The van der Waals surface area contributed by atoms with Crippen molar-refractivity contribution in [1.82, 2.24) is 4.72 Å². The molecule has 0 spiro atoms. The maximum absolute atomic E-state index is 12.6. The van der Waals surface area contributed by atoms with Crippen molar-refractivity contribution in [3.05, 3.63) is 29.6 Å². The number of carbonyl (C=O) groups excluding carboxylic acids is 1. The molecular weight excluding hydrogens is 331 g/mol. The second-order valence-corrected chi connectivity index (χ2v) is 5.83. The van der Waals surface area contributed by atoms with Crippen LogP contribution >= 0.6 is 0 Å². The molecule has 0 saturated carbocycles. The molecule has 0 saturated heterocycles. The van der Waals surface area contributed by atoms with Gasteiger partial charge in [0.2, 0.25) is 15.9 Å². The first-order chi connectivity index (χ1) is 10.0. The second kappa shape index (κ2) is 6.56. The maximum Gasteiger partial charge on any atom is 0.302 e. The Hall–Kier alpha value is -2.43. The summed E-state index contributed by atoms with van der Waals surface area (Å²) in [5.74, 6) is -7.44. The number of nitrogens with one attached hydrogen (secondary N) is 1. The minimum absolute atomic E-state index is 0.0758. The van der Waals surface area contributed by atoms with E-state index in [1.54, 1.807) is 0 Å². The third-order valence-electron chi connectivity index (χ3n) is 2.29. The molecule has 0 radical (unpaired) electrons. The number of hydrogen-bond acceptors (Lipinski definition) is 6. The Labute approximate surface area is 122 Å². The number of aromatic hydroxyl groups is 3. The van der Waals surface area contributed by atoms with Crippen molar-refractivity contribution in [3.8, 4) is 17.2 Å². The van der Waals surface area contributed by atoms with Gasteiger partial charge in [-0.3, -0.25) is 9.52 Å². The van der Waals surface area contributed by atoms with Crippen LogP contribution < -0.4 is 4.72 Å². The van der Waals surface area contributed by atoms with E-state index in [1.165, 1.54) is 4.72 Å². The Morgan fingerprint density at radius 1 is 1.09 bits per heavy atom. The summed E-state index contributed by atoms with van der Waals surface area (Å²) in [6, 6.07) is 1.76. The Morgan fingerprint density at radius 3 is 2.05 bits per heavy atom. The van der Waals surface area contributed by atoms with Gasteiger partial charge in [0.25, 0.3) is 0 Å². The van der Waals surface area contributed by atoms with E-state index >= 15 is 0 Å². The zero-order chi connectivity index (χ0) is 17.1. The van der Waals surface area contributed by atoms with Crippen LogP contribution in [0.4, 0.5) is 13.2 Å². The summed E-state index contributed by atoms with van der Waals surface area (Å²) in [5, 5.41) is 27.5. The van der Waals surface area contributed by atoms with Gasteiger partial charge < -0.3 is 15.3 Å². The summed E-state index contributed by atoms with van der Waals surface area (Å²) >= 11 is 0. The van der Waals surface area contributed by atoms with E-state index in [2.05, 4.69) is 0 Å². The van der Waals surface area contributed by atoms with Gasteiger partial charge in [-0.25, -0.2) is 12.8 Å². The first-order valence-corrected chi connectivity index (χ1v) is 7.14. The number of phenolic OH excluding ortho intramolecular Hbond substituents is 3. The third kappa shape index (κ3) is 4.84. The Kier molecular flexibility index (Phi) is 5.25. The molecule has 0 unspecified atom stereocenters. The molecule has 0 aliphatic carbocycles. The lowest BCUT2D eigenvalue weighted by molar-refractivity contribution is -0.118. The molecule has 11 heteroatoms. The summed E-state index contributed by atoms with van der Waals surface area (Å²) in [6.07, 6.45) is -3.49. The number of amides is 1. The largest absolute Gasteiger partial charge is 0.504 e. The monoisotopic (exact) mass is 341 g/mol. The van der Waals surface area contributed by atoms with Crippen molar-refractivity contribution in [1.29, 1.82) is 0 Å². The fourth-order valence-electron chi connectivity index (χ4n) is 1.42. The highest BCUT2D eigenvalue weighted by Crippen LogP contribution is 2.35. The predicted octanol–water partition coefficient (Wildman–Crippen LogP) is 0.869. The van der Waals surface area contributed by atoms with Crippen LogP contribution in [0.15, 0.2) is 24.0 Å². The highest BCUT2D eigenvalue weighted by atomic mass is 32.2. The first-order valence-electron chi connectivity index (χ1n) is 5.48. The molecule has 0 heterocycles. The quantitative estimate of drug-likeness (QED) is 0.589. The van der Waals surface area contributed by atoms with E-state index in [4.69, 9.17) is 5.11 Å². The van der Waals surface area contributed by atoms with Crippen LogP contribution in [-0.2, 0) is 21.2 Å². The Morgan fingerprint density at radius 2 is 1.59 bits per heavy atom. The SMILES string of the molecule is O=C(Cc1cc(O)c(O)c(O)c1)NS(=O)(=O)CC(F)=C(F)F. The average Bonchev–Trinajstić information content (AvgIpc) is 2.33. The second-order valence-electron chi connectivity index (χ2n) is 4.11. The van der Waals surface area contributed by atoms with E-state index in [0.29, 0.717) is 0 Å². The topological polar surface area (TPSA) is 124 Å². The minimum atomic E-state index is -4.66. The van der Waals surface area contributed by atoms with E-state index in [0.717, 1.165) is 12.1 Å². The lowest BCUT2D eigenvalue weighted by atomic mass is 10.1. The lowest BCUT2D eigenvalue weighted by Crippen LogP contribution is -2.33. The van der Waals surface area contributed by atoms with E-state index in [-0.39, 0.29) is 5.56 Å². The smallest absolute Gasteiger partial charge is 0.302 e. The molecular formula is C11H10F3NO6S. The Balaban J connectivity index is 2.81. The van der Waals surface area contributed by atoms with Gasteiger partial charge in [0.15, 0.2) is 23.1 Å². The summed E-state index contributed by atoms with van der Waals surface area (Å²) in [4.78, 5) is 11.4. The Bertz CT molecular complexity index is 704. The van der Waals surface area contributed by atoms with Crippen molar-refractivity contribution in [3.63, 3.8) is 0 Å². The van der Waals surface area contributed by atoms with Gasteiger partial charge in [0.1, 0.15) is 5.75 Å². The number of benzene rings is 1. The molecule has 0 aliphatic rings. The molecule has 1 rings (SSSR count). The van der Waals surface area contributed by atoms with E-state index in [1.807, 2.05) is 0 Å². The van der Waals surface area contributed by atoms with Crippen molar-refractivity contribution in [2.75, 3.05) is 5.75 Å². The van der Waals surface area contributed by atoms with Crippen LogP contribution in [0.25, 0.3) is 0 Å². The van der Waals surface area contributed by atoms with Gasteiger partial charge in [0.05, 0.1) is 6.42 Å². The van der Waals surface area contributed by atoms with Crippen LogP contribution in [0.3, 0.4) is 0 Å². The van der Waals surface area contributed by atoms with Gasteiger partial charge in [-0.15, -0.1) is 0 Å². The lowest BCUT2D eigenvalue weighted by Gasteiger charge is -2.07. The van der Waals surface area contributed by atoms with E-state index in [9.17, 15) is 36.6 Å². The molecule has 0 fully saturated rings. The molecule has 1 aromatic carbocycles. The number of halogens is 3. The minimum Gasteiger partial charge on any atom is -0.504 e. The summed E-state index contributed by atoms with van der Waals surface area (Å²) in [5.41, 5.74) is -0.0758. The van der Waals surface area contributed by atoms with Crippen LogP contribution in [0.2, 0.25) is 0 Å². The number of hydrogen-bond donors (Lipinski definition) is 4. The van der Waals surface area contributed by atoms with Crippen molar-refractivity contribution >= 4 is 15.9 Å². The van der Waals surface area contributed by atoms with Crippen LogP contribution in [-0.4, -0.2) is 35.4 Å². The van der Waals surface area contributed by atoms with Gasteiger partial charge >= 0.3 is 6.08 Å². The molecule has 22 heavy (non-hydrogen) atoms. The average molecular weight is 341 g/mol. The summed E-state index contributed by atoms with van der Waals surface area (Å²) < 4.78 is 60.0. The maximum atomic E-state index is 12.6. The number of rotatable bonds is 5. The number of carbonyl (C=O) groups is 1. The normalized spacial score (nSPS) is 11.0. The predicted molar refractivity (Wildman–Crippen MR) is 67.4 cm³/mol. The molecule has 1 amide bonds. The number of sulfonamides is 1. The summed E-state index contributed by atoms with van der Waals surface area (Å²) in [6.45, 7) is 0. The number of phenols is 3. The summed E-state index contributed by atoms with van der Waals surface area (Å²) in [7, 11) is -4.66. The molecule has 0 aromatic heterocycles. The highest BCUT2D eigenvalue weighted by Gasteiger charge is 2.21. The molecule has 1 aromatic rings. The van der Waals surface area contributed by atoms with E-state index < -0.39 is 57.3 Å². The zero-order valence-electron chi connectivity index (χ0n) is 10.7. The molecule has 4 N–H and O–H groups in total. The fourth-order valence-corrected chi connectivity index (χ4v) is 2.35.